The summed E-state index contributed by atoms with van der Waals surface area (Å²) in [7, 11) is 0. The summed E-state index contributed by atoms with van der Waals surface area (Å²) in [6.07, 6.45) is 1.57. The molecule has 1 rings (SSSR count). The monoisotopic (exact) mass is 279 g/mol. The molecule has 4 N–H and O–H groups in total. The van der Waals surface area contributed by atoms with Crippen LogP contribution in [0.1, 0.15) is 25.1 Å². The largest absolute Gasteiger partial charge is 0.409 e. The molecule has 0 saturated carbocycles. The van der Waals surface area contributed by atoms with E-state index in [2.05, 4.69) is 15.5 Å². The van der Waals surface area contributed by atoms with E-state index in [1.54, 1.807) is 17.2 Å². The van der Waals surface area contributed by atoms with Crippen molar-refractivity contribution in [3.05, 3.63) is 29.6 Å². The minimum absolute atomic E-state index is 0.0440. The maximum absolute atomic E-state index is 11.8. The number of carbonyl (C=O) groups excluding carboxylic acids is 1. The predicted molar refractivity (Wildman–Crippen MR) is 76.4 cm³/mol. The third-order valence-corrected chi connectivity index (χ3v) is 2.95. The van der Waals surface area contributed by atoms with E-state index in [-0.39, 0.29) is 18.3 Å². The maximum Gasteiger partial charge on any atom is 0.236 e. The van der Waals surface area contributed by atoms with E-state index in [4.69, 9.17) is 10.9 Å². The van der Waals surface area contributed by atoms with Crippen LogP contribution in [-0.2, 0) is 11.3 Å². The number of nitrogens with zero attached hydrogens (tertiary/aromatic N) is 3. The highest BCUT2D eigenvalue weighted by Crippen LogP contribution is 2.04. The number of hydrogen-bond donors (Lipinski definition) is 3. The molecular weight excluding hydrogens is 258 g/mol. The van der Waals surface area contributed by atoms with Crippen molar-refractivity contribution in [2.24, 2.45) is 10.9 Å². The van der Waals surface area contributed by atoms with Crippen molar-refractivity contribution in [3.8, 4) is 0 Å². The van der Waals surface area contributed by atoms with Crippen LogP contribution in [0.25, 0.3) is 0 Å². The molecule has 7 heteroatoms. The second kappa shape index (κ2) is 8.11. The van der Waals surface area contributed by atoms with Gasteiger partial charge in [0.25, 0.3) is 0 Å². The van der Waals surface area contributed by atoms with E-state index in [1.807, 2.05) is 19.9 Å². The predicted octanol–water partition coefficient (Wildman–Crippen LogP) is 0.134. The van der Waals surface area contributed by atoms with Gasteiger partial charge in [0.2, 0.25) is 5.91 Å². The van der Waals surface area contributed by atoms with Crippen LogP contribution < -0.4 is 11.1 Å². The molecule has 1 aromatic rings. The zero-order valence-electron chi connectivity index (χ0n) is 11.8. The molecule has 1 amide bonds. The first kappa shape index (κ1) is 15.9. The van der Waals surface area contributed by atoms with Crippen molar-refractivity contribution in [1.29, 1.82) is 0 Å². The lowest BCUT2D eigenvalue weighted by Crippen LogP contribution is -2.38. The highest BCUT2D eigenvalue weighted by molar-refractivity contribution is 5.96. The Hall–Kier alpha value is -2.15. The summed E-state index contributed by atoms with van der Waals surface area (Å²) < 4.78 is 0. The number of nitrogens with two attached hydrogens (primary N) is 1. The lowest BCUT2D eigenvalue weighted by molar-refractivity contribution is -0.129. The molecule has 0 radical (unpaired) electrons. The Balaban J connectivity index is 2.61. The fourth-order valence-corrected chi connectivity index (χ4v) is 1.85. The van der Waals surface area contributed by atoms with Gasteiger partial charge >= 0.3 is 0 Å². The van der Waals surface area contributed by atoms with E-state index in [1.165, 1.54) is 0 Å². The van der Waals surface area contributed by atoms with Crippen molar-refractivity contribution in [2.75, 3.05) is 19.6 Å². The summed E-state index contributed by atoms with van der Waals surface area (Å²) in [5.74, 6) is 0.00158. The number of pyridine rings is 1. The third kappa shape index (κ3) is 4.20. The summed E-state index contributed by atoms with van der Waals surface area (Å²) >= 11 is 0. The van der Waals surface area contributed by atoms with Crippen molar-refractivity contribution in [3.63, 3.8) is 0 Å². The first-order chi connectivity index (χ1) is 9.63. The highest BCUT2D eigenvalue weighted by Gasteiger charge is 2.11. The van der Waals surface area contributed by atoms with Crippen LogP contribution >= 0.6 is 0 Å². The number of likely N-dealkylation sites (N-methyl/N-ethyl adjacent to an activating group) is 1. The van der Waals surface area contributed by atoms with Crippen molar-refractivity contribution in [1.82, 2.24) is 15.2 Å². The zero-order chi connectivity index (χ0) is 15.0. The average molecular weight is 279 g/mol. The number of carbonyl (C=O) groups is 1. The van der Waals surface area contributed by atoms with Gasteiger partial charge < -0.3 is 21.2 Å². The van der Waals surface area contributed by atoms with Gasteiger partial charge in [-0.15, -0.1) is 0 Å². The number of amidine groups is 1. The summed E-state index contributed by atoms with van der Waals surface area (Å²) in [4.78, 5) is 17.6. The van der Waals surface area contributed by atoms with Gasteiger partial charge in [0.1, 0.15) is 5.69 Å². The SMILES string of the molecule is CCN(CC)C(=O)CNCc1cccnc1/C(N)=N/O. The second-order valence-electron chi connectivity index (χ2n) is 4.17. The molecule has 0 bridgehead atoms. The minimum Gasteiger partial charge on any atom is -0.409 e. The van der Waals surface area contributed by atoms with Gasteiger partial charge in [0.05, 0.1) is 6.54 Å². The number of nitrogens with one attached hydrogen (secondary N) is 1. The molecule has 1 aromatic heterocycles. The van der Waals surface area contributed by atoms with Crippen LogP contribution in [0.3, 0.4) is 0 Å². The molecule has 7 nitrogen and oxygen atoms in total. The van der Waals surface area contributed by atoms with Crippen LogP contribution in [0.2, 0.25) is 0 Å². The van der Waals surface area contributed by atoms with E-state index in [0.29, 0.717) is 25.3 Å². The lowest BCUT2D eigenvalue weighted by atomic mass is 10.2. The lowest BCUT2D eigenvalue weighted by Gasteiger charge is -2.18. The zero-order valence-corrected chi connectivity index (χ0v) is 11.8. The standard InChI is InChI=1S/C13H21N5O2/c1-3-18(4-2)11(19)9-15-8-10-6-5-7-16-12(10)13(14)17-20/h5-7,15,20H,3-4,8-9H2,1-2H3,(H2,14,17). The Labute approximate surface area is 118 Å². The molecule has 1 heterocycles. The summed E-state index contributed by atoms with van der Waals surface area (Å²) in [6.45, 7) is 5.94. The van der Waals surface area contributed by atoms with E-state index in [9.17, 15) is 4.79 Å². The molecule has 110 valence electrons. The molecule has 0 saturated heterocycles. The Morgan fingerprint density at radius 2 is 2.20 bits per heavy atom. The van der Waals surface area contributed by atoms with E-state index in [0.717, 1.165) is 5.56 Å². The fraction of sp³-hybridized carbons (Fsp3) is 0.462. The molecule has 0 aliphatic rings. The smallest absolute Gasteiger partial charge is 0.236 e. The number of rotatable bonds is 7. The summed E-state index contributed by atoms with van der Waals surface area (Å²) in [6, 6.07) is 3.58. The summed E-state index contributed by atoms with van der Waals surface area (Å²) in [5, 5.41) is 14.7. The minimum atomic E-state index is -0.0440. The van der Waals surface area contributed by atoms with Crippen LogP contribution in [0.4, 0.5) is 0 Å². The van der Waals surface area contributed by atoms with Crippen LogP contribution in [0.15, 0.2) is 23.5 Å². The first-order valence-electron chi connectivity index (χ1n) is 6.54. The average Bonchev–Trinajstić information content (AvgIpc) is 2.48. The van der Waals surface area contributed by atoms with Gasteiger partial charge in [-0.1, -0.05) is 11.2 Å². The van der Waals surface area contributed by atoms with E-state index >= 15 is 0 Å². The highest BCUT2D eigenvalue weighted by atomic mass is 16.4. The van der Waals surface area contributed by atoms with Gasteiger partial charge in [0.15, 0.2) is 5.84 Å². The second-order valence-corrected chi connectivity index (χ2v) is 4.17. The number of oxime groups is 1. The quantitative estimate of drug-likeness (QED) is 0.285. The topological polar surface area (TPSA) is 104 Å². The molecule has 0 atom stereocenters. The molecular formula is C13H21N5O2. The van der Waals surface area contributed by atoms with Crippen LogP contribution in [0, 0.1) is 0 Å². The van der Waals surface area contributed by atoms with Gasteiger partial charge in [-0.25, -0.2) is 0 Å². The third-order valence-electron chi connectivity index (χ3n) is 2.95. The van der Waals surface area contributed by atoms with Crippen molar-refractivity contribution in [2.45, 2.75) is 20.4 Å². The van der Waals surface area contributed by atoms with Crippen LogP contribution in [0.5, 0.6) is 0 Å². The van der Waals surface area contributed by atoms with Crippen molar-refractivity contribution >= 4 is 11.7 Å². The Morgan fingerprint density at radius 1 is 1.50 bits per heavy atom. The van der Waals surface area contributed by atoms with Gasteiger partial charge in [-0.05, 0) is 25.5 Å². The Kier molecular flexibility index (Phi) is 6.45. The van der Waals surface area contributed by atoms with E-state index < -0.39 is 0 Å². The summed E-state index contributed by atoms with van der Waals surface area (Å²) in [5.41, 5.74) is 6.74. The molecule has 0 fully saturated rings. The molecule has 20 heavy (non-hydrogen) atoms. The number of amides is 1. The molecule has 0 spiro atoms. The van der Waals surface area contributed by atoms with Crippen LogP contribution in [-0.4, -0.2) is 46.5 Å². The maximum atomic E-state index is 11.8. The van der Waals surface area contributed by atoms with Gasteiger partial charge in [-0.3, -0.25) is 9.78 Å². The van der Waals surface area contributed by atoms with Gasteiger partial charge in [0, 0.05) is 25.8 Å². The molecule has 0 aliphatic carbocycles. The number of aromatic nitrogens is 1. The first-order valence-corrected chi connectivity index (χ1v) is 6.54. The Bertz CT molecular complexity index is 472. The fourth-order valence-electron chi connectivity index (χ4n) is 1.85. The van der Waals surface area contributed by atoms with Crippen molar-refractivity contribution < 1.29 is 10.0 Å². The normalized spacial score (nSPS) is 11.4. The molecule has 0 aromatic carbocycles. The molecule has 0 unspecified atom stereocenters. The Morgan fingerprint density at radius 3 is 2.80 bits per heavy atom. The van der Waals surface area contributed by atoms with Gasteiger partial charge in [-0.2, -0.15) is 0 Å². The number of hydrogen-bond acceptors (Lipinski definition) is 5. The molecule has 0 aliphatic heterocycles.